The first-order valence-corrected chi connectivity index (χ1v) is 7.23. The molecule has 0 atom stereocenters. The quantitative estimate of drug-likeness (QED) is 0.482. The third-order valence-electron chi connectivity index (χ3n) is 4.26. The molecule has 0 unspecified atom stereocenters. The van der Waals surface area contributed by atoms with Gasteiger partial charge in [0.05, 0.1) is 0 Å². The van der Waals surface area contributed by atoms with Crippen LogP contribution in [0.15, 0.2) is 54.6 Å². The Hall–Kier alpha value is -2.61. The largest absolute Gasteiger partial charge is 0.341 e. The van der Waals surface area contributed by atoms with Crippen molar-refractivity contribution in [2.24, 2.45) is 0 Å². The van der Waals surface area contributed by atoms with Crippen molar-refractivity contribution < 1.29 is 4.79 Å². The fraction of sp³-hybridized carbons (Fsp3) is 0.105. The minimum atomic E-state index is 0.765. The molecule has 0 aliphatic rings. The van der Waals surface area contributed by atoms with E-state index in [2.05, 4.69) is 47.9 Å². The van der Waals surface area contributed by atoms with Crippen molar-refractivity contribution in [3.8, 4) is 0 Å². The van der Waals surface area contributed by atoms with Crippen LogP contribution in [0.5, 0.6) is 0 Å². The molecule has 0 aliphatic carbocycles. The van der Waals surface area contributed by atoms with Gasteiger partial charge in [-0.1, -0.05) is 42.5 Å². The van der Waals surface area contributed by atoms with Crippen LogP contribution in [0.1, 0.15) is 17.3 Å². The van der Waals surface area contributed by atoms with Crippen LogP contribution in [0.25, 0.3) is 32.6 Å². The highest BCUT2D eigenvalue weighted by atomic mass is 16.1. The first-order chi connectivity index (χ1) is 10.3. The van der Waals surface area contributed by atoms with Gasteiger partial charge in [0.1, 0.15) is 0 Å². The Morgan fingerprint density at radius 1 is 0.905 bits per heavy atom. The van der Waals surface area contributed by atoms with E-state index in [1.165, 1.54) is 21.7 Å². The predicted octanol–water partition coefficient (Wildman–Crippen LogP) is 4.78. The Balaban J connectivity index is 2.39. The van der Waals surface area contributed by atoms with Crippen molar-refractivity contribution in [1.29, 1.82) is 0 Å². The number of hydrogen-bond donors (Lipinski definition) is 0. The van der Waals surface area contributed by atoms with E-state index in [9.17, 15) is 4.79 Å². The van der Waals surface area contributed by atoms with Crippen LogP contribution in [0.2, 0.25) is 0 Å². The van der Waals surface area contributed by atoms with Gasteiger partial charge in [-0.2, -0.15) is 0 Å². The average Bonchev–Trinajstić information content (AvgIpc) is 2.88. The molecule has 0 N–H and O–H groups in total. The fourth-order valence-electron chi connectivity index (χ4n) is 3.37. The molecule has 2 heteroatoms. The van der Waals surface area contributed by atoms with Crippen molar-refractivity contribution in [3.63, 3.8) is 0 Å². The molecular weight excluding hydrogens is 258 g/mol. The van der Waals surface area contributed by atoms with Gasteiger partial charge in [0.2, 0.25) is 0 Å². The summed E-state index contributed by atoms with van der Waals surface area (Å²) in [5.41, 5.74) is 3.09. The van der Waals surface area contributed by atoms with Crippen LogP contribution in [0.3, 0.4) is 0 Å². The van der Waals surface area contributed by atoms with Crippen molar-refractivity contribution in [2.75, 3.05) is 0 Å². The molecule has 4 aromatic rings. The summed E-state index contributed by atoms with van der Waals surface area (Å²) >= 11 is 0. The Morgan fingerprint density at radius 2 is 1.71 bits per heavy atom. The number of nitrogens with zero attached hydrogens (tertiary/aromatic N) is 1. The molecule has 3 aromatic carbocycles. The molecule has 0 fully saturated rings. The zero-order valence-electron chi connectivity index (χ0n) is 11.8. The second kappa shape index (κ2) is 4.45. The van der Waals surface area contributed by atoms with Crippen LogP contribution in [0.4, 0.5) is 0 Å². The number of rotatable bonds is 2. The molecule has 21 heavy (non-hydrogen) atoms. The van der Waals surface area contributed by atoms with Crippen LogP contribution < -0.4 is 0 Å². The molecular formula is C19H15NO. The van der Waals surface area contributed by atoms with Gasteiger partial charge in [0, 0.05) is 33.9 Å². The van der Waals surface area contributed by atoms with Gasteiger partial charge < -0.3 is 4.57 Å². The highest BCUT2D eigenvalue weighted by molar-refractivity contribution is 6.24. The van der Waals surface area contributed by atoms with Crippen LogP contribution in [-0.4, -0.2) is 10.9 Å². The van der Waals surface area contributed by atoms with Gasteiger partial charge in [0.25, 0.3) is 0 Å². The molecule has 0 saturated carbocycles. The van der Waals surface area contributed by atoms with Crippen LogP contribution in [-0.2, 0) is 6.54 Å². The average molecular weight is 273 g/mol. The second-order valence-electron chi connectivity index (χ2n) is 5.28. The number of aromatic nitrogens is 1. The summed E-state index contributed by atoms with van der Waals surface area (Å²) in [6.07, 6.45) is 0.962. The Kier molecular flexibility index (Phi) is 2.58. The smallest absolute Gasteiger partial charge is 0.150 e. The summed E-state index contributed by atoms with van der Waals surface area (Å²) in [6.45, 7) is 3.03. The van der Waals surface area contributed by atoms with Gasteiger partial charge >= 0.3 is 0 Å². The minimum Gasteiger partial charge on any atom is -0.341 e. The van der Waals surface area contributed by atoms with E-state index in [1.807, 2.05) is 18.2 Å². The maximum absolute atomic E-state index is 11.5. The SMILES string of the molecule is CCn1c2cccc(C=O)c2c2c3ccccc3ccc21. The molecule has 0 saturated heterocycles. The van der Waals surface area contributed by atoms with Crippen molar-refractivity contribution in [2.45, 2.75) is 13.5 Å². The number of aryl methyl sites for hydroxylation is 1. The minimum absolute atomic E-state index is 0.765. The summed E-state index contributed by atoms with van der Waals surface area (Å²) in [4.78, 5) is 11.5. The van der Waals surface area contributed by atoms with E-state index in [-0.39, 0.29) is 0 Å². The highest BCUT2D eigenvalue weighted by Crippen LogP contribution is 2.36. The third kappa shape index (κ3) is 1.56. The lowest BCUT2D eigenvalue weighted by molar-refractivity contribution is 0.112. The molecule has 4 rings (SSSR count). The second-order valence-corrected chi connectivity index (χ2v) is 5.28. The summed E-state index contributed by atoms with van der Waals surface area (Å²) in [6, 6.07) is 18.6. The van der Waals surface area contributed by atoms with Gasteiger partial charge in [-0.25, -0.2) is 0 Å². The lowest BCUT2D eigenvalue weighted by Crippen LogP contribution is -1.93. The van der Waals surface area contributed by atoms with Crippen molar-refractivity contribution in [1.82, 2.24) is 4.57 Å². The number of carbonyl (C=O) groups is 1. The Labute approximate surface area is 122 Å². The first-order valence-electron chi connectivity index (χ1n) is 7.23. The Bertz CT molecular complexity index is 995. The van der Waals surface area contributed by atoms with E-state index >= 15 is 0 Å². The number of aldehydes is 1. The molecule has 102 valence electrons. The van der Waals surface area contributed by atoms with Gasteiger partial charge in [-0.05, 0) is 29.8 Å². The van der Waals surface area contributed by atoms with Gasteiger partial charge in [-0.3, -0.25) is 4.79 Å². The summed E-state index contributed by atoms with van der Waals surface area (Å²) in [7, 11) is 0. The standard InChI is InChI=1S/C19H15NO/c1-2-20-16-9-5-7-14(12-21)18(16)19-15-8-4-3-6-13(15)10-11-17(19)20/h3-12H,2H2,1H3. The molecule has 1 aromatic heterocycles. The number of carbonyl (C=O) groups excluding carboxylic acids is 1. The number of benzene rings is 3. The molecule has 0 aliphatic heterocycles. The topological polar surface area (TPSA) is 22.0 Å². The third-order valence-corrected chi connectivity index (χ3v) is 4.26. The lowest BCUT2D eigenvalue weighted by Gasteiger charge is -2.03. The normalized spacial score (nSPS) is 11.5. The maximum atomic E-state index is 11.5. The zero-order valence-corrected chi connectivity index (χ0v) is 11.8. The van der Waals surface area contributed by atoms with Crippen LogP contribution >= 0.6 is 0 Å². The van der Waals surface area contributed by atoms with Gasteiger partial charge in [-0.15, -0.1) is 0 Å². The van der Waals surface area contributed by atoms with E-state index in [0.717, 1.165) is 29.3 Å². The monoisotopic (exact) mass is 273 g/mol. The summed E-state index contributed by atoms with van der Waals surface area (Å²) in [5, 5.41) is 4.68. The molecule has 2 nitrogen and oxygen atoms in total. The Morgan fingerprint density at radius 3 is 2.52 bits per heavy atom. The molecule has 0 amide bonds. The predicted molar refractivity (Wildman–Crippen MR) is 88.0 cm³/mol. The molecule has 0 bridgehead atoms. The van der Waals surface area contributed by atoms with E-state index < -0.39 is 0 Å². The molecule has 0 radical (unpaired) electrons. The molecule has 1 heterocycles. The highest BCUT2D eigenvalue weighted by Gasteiger charge is 2.14. The first kappa shape index (κ1) is 12.2. The number of fused-ring (bicyclic) bond motifs is 5. The molecule has 0 spiro atoms. The maximum Gasteiger partial charge on any atom is 0.150 e. The number of hydrogen-bond acceptors (Lipinski definition) is 1. The summed E-state index contributed by atoms with van der Waals surface area (Å²) in [5.74, 6) is 0. The van der Waals surface area contributed by atoms with E-state index in [4.69, 9.17) is 0 Å². The van der Waals surface area contributed by atoms with Crippen molar-refractivity contribution in [3.05, 3.63) is 60.2 Å². The van der Waals surface area contributed by atoms with Crippen molar-refractivity contribution >= 4 is 38.9 Å². The lowest BCUT2D eigenvalue weighted by atomic mass is 10.0. The fourth-order valence-corrected chi connectivity index (χ4v) is 3.37. The van der Waals surface area contributed by atoms with Crippen LogP contribution in [0, 0.1) is 0 Å². The van der Waals surface area contributed by atoms with E-state index in [0.29, 0.717) is 0 Å². The van der Waals surface area contributed by atoms with E-state index in [1.54, 1.807) is 0 Å². The van der Waals surface area contributed by atoms with Gasteiger partial charge in [0.15, 0.2) is 6.29 Å². The zero-order chi connectivity index (χ0) is 14.4. The summed E-state index contributed by atoms with van der Waals surface area (Å²) < 4.78 is 2.28.